The highest BCUT2D eigenvalue weighted by atomic mass is 79.9. The van der Waals surface area contributed by atoms with Gasteiger partial charge in [0.15, 0.2) is 0 Å². The van der Waals surface area contributed by atoms with Crippen molar-refractivity contribution < 1.29 is 0 Å². The first kappa shape index (κ1) is 17.6. The fraction of sp³-hybridized carbons (Fsp3) is 0. The van der Waals surface area contributed by atoms with E-state index in [0.29, 0.717) is 0 Å². The van der Waals surface area contributed by atoms with Crippen molar-refractivity contribution in [3.8, 4) is 33.9 Å². The van der Waals surface area contributed by atoms with E-state index in [2.05, 4.69) is 57.4 Å². The van der Waals surface area contributed by atoms with E-state index in [1.54, 1.807) is 6.20 Å². The Balaban J connectivity index is 1.88. The van der Waals surface area contributed by atoms with Crippen molar-refractivity contribution in [1.29, 1.82) is 0 Å². The largest absolute Gasteiger partial charge is 0.235 e. The summed E-state index contributed by atoms with van der Waals surface area (Å²) in [5, 5.41) is 9.64. The molecular weight excluding hydrogens is 424 g/mol. The standard InChI is InChI=1S/C24H17BrN4/c25-20-16-26-28(17-20)24-22(18-10-4-1-5-11-18)27-29(21-14-8-3-9-15-21)23(24)19-12-6-2-7-13-19/h1-17H. The van der Waals surface area contributed by atoms with E-state index in [1.807, 2.05) is 70.2 Å². The highest BCUT2D eigenvalue weighted by Gasteiger charge is 2.23. The monoisotopic (exact) mass is 440 g/mol. The van der Waals surface area contributed by atoms with Gasteiger partial charge in [-0.1, -0.05) is 78.9 Å². The summed E-state index contributed by atoms with van der Waals surface area (Å²) in [6.45, 7) is 0. The van der Waals surface area contributed by atoms with Crippen LogP contribution in [0.5, 0.6) is 0 Å². The zero-order valence-electron chi connectivity index (χ0n) is 15.5. The number of aromatic nitrogens is 4. The molecule has 5 heteroatoms. The molecule has 0 saturated carbocycles. The maximum absolute atomic E-state index is 5.05. The Kier molecular flexibility index (Phi) is 4.58. The SMILES string of the molecule is Brc1cnn(-c2c(-c3ccccc3)nn(-c3ccccc3)c2-c2ccccc2)c1. The molecule has 140 valence electrons. The summed E-state index contributed by atoms with van der Waals surface area (Å²) in [5.74, 6) is 0. The van der Waals surface area contributed by atoms with Crippen LogP contribution in [0.2, 0.25) is 0 Å². The zero-order valence-corrected chi connectivity index (χ0v) is 17.1. The average Bonchev–Trinajstić information content (AvgIpc) is 3.39. The van der Waals surface area contributed by atoms with Crippen LogP contribution in [0.25, 0.3) is 33.9 Å². The molecule has 0 N–H and O–H groups in total. The summed E-state index contributed by atoms with van der Waals surface area (Å²) in [5.41, 5.74) is 5.93. The summed E-state index contributed by atoms with van der Waals surface area (Å²) in [6.07, 6.45) is 3.76. The van der Waals surface area contributed by atoms with Gasteiger partial charge in [-0.3, -0.25) is 0 Å². The Bertz CT molecular complexity index is 1240. The Morgan fingerprint density at radius 1 is 0.690 bits per heavy atom. The second-order valence-electron chi connectivity index (χ2n) is 6.63. The smallest absolute Gasteiger partial charge is 0.119 e. The number of halogens is 1. The van der Waals surface area contributed by atoms with Gasteiger partial charge in [-0.2, -0.15) is 10.2 Å². The van der Waals surface area contributed by atoms with Gasteiger partial charge < -0.3 is 0 Å². The topological polar surface area (TPSA) is 35.6 Å². The molecule has 0 saturated heterocycles. The molecule has 0 aliphatic rings. The minimum absolute atomic E-state index is 0.879. The molecule has 0 fully saturated rings. The quantitative estimate of drug-likeness (QED) is 0.335. The molecule has 2 aromatic heterocycles. The molecule has 0 bridgehead atoms. The van der Waals surface area contributed by atoms with Crippen LogP contribution in [0, 0.1) is 0 Å². The van der Waals surface area contributed by atoms with Crippen LogP contribution in [0.15, 0.2) is 108 Å². The Hall–Kier alpha value is -3.44. The van der Waals surface area contributed by atoms with E-state index in [1.165, 1.54) is 0 Å². The van der Waals surface area contributed by atoms with E-state index < -0.39 is 0 Å². The van der Waals surface area contributed by atoms with Crippen LogP contribution in [-0.2, 0) is 0 Å². The number of para-hydroxylation sites is 1. The predicted molar refractivity (Wildman–Crippen MR) is 119 cm³/mol. The van der Waals surface area contributed by atoms with Gasteiger partial charge in [-0.05, 0) is 28.1 Å². The van der Waals surface area contributed by atoms with Gasteiger partial charge in [0.25, 0.3) is 0 Å². The lowest BCUT2D eigenvalue weighted by atomic mass is 10.1. The Morgan fingerprint density at radius 2 is 1.28 bits per heavy atom. The van der Waals surface area contributed by atoms with Crippen molar-refractivity contribution in [1.82, 2.24) is 19.6 Å². The first-order valence-electron chi connectivity index (χ1n) is 9.31. The summed E-state index contributed by atoms with van der Waals surface area (Å²) < 4.78 is 4.81. The minimum Gasteiger partial charge on any atom is -0.235 e. The van der Waals surface area contributed by atoms with Crippen LogP contribution in [-0.4, -0.2) is 19.6 Å². The molecule has 29 heavy (non-hydrogen) atoms. The summed E-state index contributed by atoms with van der Waals surface area (Å²) >= 11 is 3.53. The van der Waals surface area contributed by atoms with Gasteiger partial charge >= 0.3 is 0 Å². The van der Waals surface area contributed by atoms with E-state index >= 15 is 0 Å². The number of benzene rings is 3. The van der Waals surface area contributed by atoms with E-state index in [9.17, 15) is 0 Å². The Labute approximate surface area is 177 Å². The van der Waals surface area contributed by atoms with Crippen molar-refractivity contribution in [3.05, 3.63) is 108 Å². The molecule has 2 heterocycles. The summed E-state index contributed by atoms with van der Waals surface area (Å²) in [4.78, 5) is 0. The lowest BCUT2D eigenvalue weighted by Gasteiger charge is -2.10. The maximum Gasteiger partial charge on any atom is 0.119 e. The zero-order chi connectivity index (χ0) is 19.6. The Morgan fingerprint density at radius 3 is 1.86 bits per heavy atom. The minimum atomic E-state index is 0.879. The number of rotatable bonds is 4. The molecule has 0 unspecified atom stereocenters. The molecule has 0 aliphatic carbocycles. The second-order valence-corrected chi connectivity index (χ2v) is 7.54. The van der Waals surface area contributed by atoms with Crippen molar-refractivity contribution >= 4 is 15.9 Å². The number of hydrogen-bond donors (Lipinski definition) is 0. The molecule has 5 aromatic rings. The van der Waals surface area contributed by atoms with E-state index in [0.717, 1.165) is 38.4 Å². The van der Waals surface area contributed by atoms with Gasteiger partial charge in [0.05, 0.1) is 16.4 Å². The van der Waals surface area contributed by atoms with Gasteiger partial charge in [-0.25, -0.2) is 9.36 Å². The van der Waals surface area contributed by atoms with Crippen molar-refractivity contribution in [2.45, 2.75) is 0 Å². The maximum atomic E-state index is 5.05. The fourth-order valence-electron chi connectivity index (χ4n) is 3.45. The predicted octanol–water partition coefficient (Wildman–Crippen LogP) is 6.15. The molecule has 0 atom stereocenters. The summed E-state index contributed by atoms with van der Waals surface area (Å²) in [6, 6.07) is 30.7. The highest BCUT2D eigenvalue weighted by molar-refractivity contribution is 9.10. The molecule has 0 spiro atoms. The van der Waals surface area contributed by atoms with Crippen LogP contribution < -0.4 is 0 Å². The third-order valence-electron chi connectivity index (χ3n) is 4.74. The lowest BCUT2D eigenvalue weighted by Crippen LogP contribution is -2.01. The molecule has 0 amide bonds. The fourth-order valence-corrected chi connectivity index (χ4v) is 3.74. The number of hydrogen-bond acceptors (Lipinski definition) is 2. The van der Waals surface area contributed by atoms with Crippen LogP contribution in [0.1, 0.15) is 0 Å². The molecule has 4 nitrogen and oxygen atoms in total. The van der Waals surface area contributed by atoms with Gasteiger partial charge in [0, 0.05) is 17.3 Å². The van der Waals surface area contributed by atoms with Crippen LogP contribution in [0.4, 0.5) is 0 Å². The number of nitrogens with zero attached hydrogens (tertiary/aromatic N) is 4. The van der Waals surface area contributed by atoms with Crippen LogP contribution in [0.3, 0.4) is 0 Å². The first-order chi connectivity index (χ1) is 14.3. The first-order valence-corrected chi connectivity index (χ1v) is 10.1. The van der Waals surface area contributed by atoms with Gasteiger partial charge in [-0.15, -0.1) is 0 Å². The summed E-state index contributed by atoms with van der Waals surface area (Å²) in [7, 11) is 0. The third kappa shape index (κ3) is 3.30. The molecule has 0 radical (unpaired) electrons. The third-order valence-corrected chi connectivity index (χ3v) is 5.15. The second kappa shape index (κ2) is 7.53. The van der Waals surface area contributed by atoms with Crippen molar-refractivity contribution in [2.24, 2.45) is 0 Å². The van der Waals surface area contributed by atoms with Gasteiger partial charge in [0.1, 0.15) is 17.1 Å². The van der Waals surface area contributed by atoms with Gasteiger partial charge in [0.2, 0.25) is 0 Å². The van der Waals surface area contributed by atoms with Crippen molar-refractivity contribution in [2.75, 3.05) is 0 Å². The normalized spacial score (nSPS) is 10.9. The molecule has 3 aromatic carbocycles. The lowest BCUT2D eigenvalue weighted by molar-refractivity contribution is 0.876. The van der Waals surface area contributed by atoms with Crippen LogP contribution >= 0.6 is 15.9 Å². The molecule has 0 aliphatic heterocycles. The van der Waals surface area contributed by atoms with Crippen molar-refractivity contribution in [3.63, 3.8) is 0 Å². The van der Waals surface area contributed by atoms with E-state index in [-0.39, 0.29) is 0 Å². The highest BCUT2D eigenvalue weighted by Crippen LogP contribution is 2.37. The molecular formula is C24H17BrN4. The van der Waals surface area contributed by atoms with E-state index in [4.69, 9.17) is 5.10 Å². The average molecular weight is 441 g/mol. The molecule has 5 rings (SSSR count).